The summed E-state index contributed by atoms with van der Waals surface area (Å²) in [6.45, 7) is 2.02. The number of likely N-dealkylation sites (tertiary alicyclic amines) is 1. The number of aryl methyl sites for hydroxylation is 1. The summed E-state index contributed by atoms with van der Waals surface area (Å²) in [6, 6.07) is 3.90. The molecular formula is C16H18N4O5. The molecule has 0 radical (unpaired) electrons. The molecule has 1 aliphatic rings. The molecule has 0 aromatic carbocycles. The summed E-state index contributed by atoms with van der Waals surface area (Å²) < 4.78 is 4.85. The Labute approximate surface area is 143 Å². The molecule has 9 heteroatoms. The average Bonchev–Trinajstić information content (AvgIpc) is 3.03. The number of aliphatic hydroxyl groups is 1. The Balaban J connectivity index is 1.62. The highest BCUT2D eigenvalue weighted by Crippen LogP contribution is 2.19. The Bertz CT molecular complexity index is 790. The molecule has 0 spiro atoms. The first-order valence-electron chi connectivity index (χ1n) is 7.81. The Morgan fingerprint density at radius 1 is 1.44 bits per heavy atom. The number of hydrogen-bond donors (Lipinski definition) is 3. The van der Waals surface area contributed by atoms with Crippen molar-refractivity contribution in [1.82, 2.24) is 20.4 Å². The summed E-state index contributed by atoms with van der Waals surface area (Å²) in [4.78, 5) is 29.8. The summed E-state index contributed by atoms with van der Waals surface area (Å²) >= 11 is 0. The topological polar surface area (TPSA) is 129 Å². The van der Waals surface area contributed by atoms with Crippen LogP contribution >= 0.6 is 0 Å². The second-order valence-electron chi connectivity index (χ2n) is 5.88. The summed E-state index contributed by atoms with van der Waals surface area (Å²) in [7, 11) is 0. The largest absolute Gasteiger partial charge is 0.505 e. The van der Waals surface area contributed by atoms with Crippen LogP contribution in [-0.4, -0.2) is 62.3 Å². The van der Waals surface area contributed by atoms with Crippen molar-refractivity contribution in [3.63, 3.8) is 0 Å². The number of nitrogens with one attached hydrogen (secondary N) is 1. The molecule has 1 saturated heterocycles. The monoisotopic (exact) mass is 346 g/mol. The van der Waals surface area contributed by atoms with Crippen molar-refractivity contribution >= 4 is 11.8 Å². The molecule has 0 saturated carbocycles. The van der Waals surface area contributed by atoms with E-state index in [0.29, 0.717) is 18.7 Å². The number of aromatic hydroxyl groups is 1. The predicted octanol–water partition coefficient (Wildman–Crippen LogP) is 0.0890. The van der Waals surface area contributed by atoms with Crippen molar-refractivity contribution < 1.29 is 24.3 Å². The third kappa shape index (κ3) is 3.61. The number of aliphatic hydroxyl groups excluding tert-OH is 1. The number of nitrogens with zero attached hydrogens (tertiary/aromatic N) is 3. The highest BCUT2D eigenvalue weighted by molar-refractivity contribution is 5.95. The van der Waals surface area contributed by atoms with Gasteiger partial charge in [0.15, 0.2) is 11.4 Å². The van der Waals surface area contributed by atoms with E-state index >= 15 is 0 Å². The first kappa shape index (κ1) is 16.9. The molecule has 1 fully saturated rings. The van der Waals surface area contributed by atoms with Crippen LogP contribution in [0.2, 0.25) is 0 Å². The lowest BCUT2D eigenvalue weighted by atomic mass is 10.0. The number of rotatable bonds is 3. The van der Waals surface area contributed by atoms with Gasteiger partial charge in [-0.25, -0.2) is 4.98 Å². The van der Waals surface area contributed by atoms with Crippen LogP contribution in [0.1, 0.15) is 33.2 Å². The van der Waals surface area contributed by atoms with Crippen LogP contribution in [0.3, 0.4) is 0 Å². The molecule has 2 amide bonds. The van der Waals surface area contributed by atoms with Gasteiger partial charge in [-0.2, -0.15) is 0 Å². The maximum absolute atomic E-state index is 12.4. The maximum Gasteiger partial charge on any atom is 0.276 e. The van der Waals surface area contributed by atoms with E-state index in [9.17, 15) is 19.8 Å². The normalized spacial score (nSPS) is 20.3. The quantitative estimate of drug-likeness (QED) is 0.718. The molecule has 3 rings (SSSR count). The van der Waals surface area contributed by atoms with Crippen molar-refractivity contribution in [2.75, 3.05) is 13.1 Å². The Morgan fingerprint density at radius 2 is 2.24 bits per heavy atom. The molecule has 9 nitrogen and oxygen atoms in total. The molecule has 132 valence electrons. The van der Waals surface area contributed by atoms with Crippen molar-refractivity contribution in [3.05, 3.63) is 41.5 Å². The van der Waals surface area contributed by atoms with Gasteiger partial charge in [0.2, 0.25) is 0 Å². The number of amides is 2. The summed E-state index contributed by atoms with van der Waals surface area (Å²) in [5.41, 5.74) is 0.0804. The van der Waals surface area contributed by atoms with Gasteiger partial charge in [0.25, 0.3) is 11.8 Å². The van der Waals surface area contributed by atoms with E-state index in [1.165, 1.54) is 29.3 Å². The summed E-state index contributed by atoms with van der Waals surface area (Å²) in [5, 5.41) is 26.3. The molecule has 1 aliphatic heterocycles. The van der Waals surface area contributed by atoms with E-state index in [1.807, 2.05) is 0 Å². The van der Waals surface area contributed by atoms with E-state index in [4.69, 9.17) is 4.52 Å². The van der Waals surface area contributed by atoms with Crippen LogP contribution in [0.4, 0.5) is 0 Å². The van der Waals surface area contributed by atoms with Gasteiger partial charge in [0.05, 0.1) is 12.1 Å². The van der Waals surface area contributed by atoms with Crippen molar-refractivity contribution in [3.8, 4) is 5.75 Å². The second kappa shape index (κ2) is 6.89. The average molecular weight is 346 g/mol. The first-order chi connectivity index (χ1) is 12.0. The predicted molar refractivity (Wildman–Crippen MR) is 84.9 cm³/mol. The number of carbonyl (C=O) groups is 2. The summed E-state index contributed by atoms with van der Waals surface area (Å²) in [6.07, 6.45) is 0.833. The molecule has 0 unspecified atom stereocenters. The van der Waals surface area contributed by atoms with Crippen LogP contribution in [0, 0.1) is 6.92 Å². The molecule has 2 aromatic heterocycles. The lowest BCUT2D eigenvalue weighted by Gasteiger charge is -2.36. The molecule has 0 aliphatic carbocycles. The van der Waals surface area contributed by atoms with Gasteiger partial charge in [0.1, 0.15) is 11.5 Å². The highest BCUT2D eigenvalue weighted by Gasteiger charge is 2.33. The van der Waals surface area contributed by atoms with E-state index < -0.39 is 24.0 Å². The van der Waals surface area contributed by atoms with E-state index in [2.05, 4.69) is 15.5 Å². The first-order valence-corrected chi connectivity index (χ1v) is 7.81. The Hall–Kier alpha value is -2.94. The van der Waals surface area contributed by atoms with Gasteiger partial charge in [-0.1, -0.05) is 5.16 Å². The number of hydrogen-bond acceptors (Lipinski definition) is 7. The lowest BCUT2D eigenvalue weighted by Crippen LogP contribution is -2.55. The standard InChI is InChI=1S/C16H18N4O5/c1-9-7-11(19-25-9)15(23)18-10-4-6-20(8-13(10)22)16(24)14-12(21)3-2-5-17-14/h2-3,5,7,10,13,21-22H,4,6,8H2,1H3,(H,18,23)/t10-,13-/m1/s1. The van der Waals surface area contributed by atoms with Crippen molar-refractivity contribution in [2.45, 2.75) is 25.5 Å². The number of carbonyl (C=O) groups excluding carboxylic acids is 2. The van der Waals surface area contributed by atoms with Crippen molar-refractivity contribution in [2.24, 2.45) is 0 Å². The number of aromatic nitrogens is 2. The zero-order chi connectivity index (χ0) is 18.0. The van der Waals surface area contributed by atoms with Gasteiger partial charge < -0.3 is 25.0 Å². The fourth-order valence-corrected chi connectivity index (χ4v) is 2.71. The maximum atomic E-state index is 12.4. The fraction of sp³-hybridized carbons (Fsp3) is 0.375. The van der Waals surface area contributed by atoms with Gasteiger partial charge in [0, 0.05) is 25.4 Å². The minimum atomic E-state index is -0.944. The van der Waals surface area contributed by atoms with Crippen LogP contribution in [0.5, 0.6) is 5.75 Å². The zero-order valence-corrected chi connectivity index (χ0v) is 13.5. The van der Waals surface area contributed by atoms with Crippen LogP contribution in [0.25, 0.3) is 0 Å². The van der Waals surface area contributed by atoms with Gasteiger partial charge in [-0.3, -0.25) is 9.59 Å². The molecule has 2 atom stereocenters. The number of piperidine rings is 1. The van der Waals surface area contributed by atoms with E-state index in [-0.39, 0.29) is 23.7 Å². The molecule has 3 heterocycles. The third-order valence-electron chi connectivity index (χ3n) is 4.04. The lowest BCUT2D eigenvalue weighted by molar-refractivity contribution is 0.0308. The highest BCUT2D eigenvalue weighted by atomic mass is 16.5. The third-order valence-corrected chi connectivity index (χ3v) is 4.04. The van der Waals surface area contributed by atoms with Crippen LogP contribution in [-0.2, 0) is 0 Å². The second-order valence-corrected chi connectivity index (χ2v) is 5.88. The van der Waals surface area contributed by atoms with Gasteiger partial charge >= 0.3 is 0 Å². The smallest absolute Gasteiger partial charge is 0.276 e. The SMILES string of the molecule is Cc1cc(C(=O)N[C@@H]2CCN(C(=O)c3ncccc3O)C[C@H]2O)no1. The fourth-order valence-electron chi connectivity index (χ4n) is 2.71. The molecule has 0 bridgehead atoms. The Kier molecular flexibility index (Phi) is 4.66. The summed E-state index contributed by atoms with van der Waals surface area (Å²) in [5.74, 6) is -0.600. The minimum absolute atomic E-state index is 0.0254. The van der Waals surface area contributed by atoms with Gasteiger partial charge in [-0.15, -0.1) is 0 Å². The Morgan fingerprint density at radius 3 is 2.88 bits per heavy atom. The molecule has 25 heavy (non-hydrogen) atoms. The number of β-amino-alcohol motifs (C(OH)–C–C–N with tert-alkyl or cyclic N) is 1. The molecular weight excluding hydrogens is 328 g/mol. The minimum Gasteiger partial charge on any atom is -0.505 e. The van der Waals surface area contributed by atoms with Gasteiger partial charge in [-0.05, 0) is 25.5 Å². The van der Waals surface area contributed by atoms with E-state index in [0.717, 1.165) is 0 Å². The van der Waals surface area contributed by atoms with Crippen molar-refractivity contribution in [1.29, 1.82) is 0 Å². The zero-order valence-electron chi connectivity index (χ0n) is 13.5. The molecule has 3 N–H and O–H groups in total. The number of pyridine rings is 1. The van der Waals surface area contributed by atoms with Crippen LogP contribution in [0.15, 0.2) is 28.9 Å². The molecule has 2 aromatic rings. The van der Waals surface area contributed by atoms with Crippen LogP contribution < -0.4 is 5.32 Å². The van der Waals surface area contributed by atoms with E-state index in [1.54, 1.807) is 6.92 Å².